The predicted octanol–water partition coefficient (Wildman–Crippen LogP) is 2.76. The van der Waals surface area contributed by atoms with Crippen molar-refractivity contribution in [3.63, 3.8) is 0 Å². The second-order valence-electron chi connectivity index (χ2n) is 7.05. The highest BCUT2D eigenvalue weighted by molar-refractivity contribution is 7.92. The second kappa shape index (κ2) is 11.3. The number of ether oxygens (including phenoxy) is 3. The molecule has 11 heteroatoms. The van der Waals surface area contributed by atoms with Crippen LogP contribution < -0.4 is 23.9 Å². The Morgan fingerprint density at radius 2 is 1.69 bits per heavy atom. The maximum atomic E-state index is 13.5. The number of carbonyl (C=O) groups is 1. The molecule has 0 saturated carbocycles. The van der Waals surface area contributed by atoms with Crippen LogP contribution in [0.4, 0.5) is 5.69 Å². The number of rotatable bonds is 10. The van der Waals surface area contributed by atoms with Crippen LogP contribution in [-0.2, 0) is 14.8 Å². The van der Waals surface area contributed by atoms with E-state index in [0.717, 1.165) is 4.31 Å². The third kappa shape index (κ3) is 5.82. The highest BCUT2D eigenvalue weighted by atomic mass is 32.2. The van der Waals surface area contributed by atoms with Gasteiger partial charge < -0.3 is 19.3 Å². The first-order valence-electron chi connectivity index (χ1n) is 10.3. The molecule has 0 aliphatic carbocycles. The molecular formula is C24H25N3O7S. The maximum Gasteiger partial charge on any atom is 0.264 e. The number of phenolic OH excluding ortho intramolecular Hbond substituents is 1. The van der Waals surface area contributed by atoms with Crippen molar-refractivity contribution in [2.24, 2.45) is 5.10 Å². The SMILES string of the molecule is COc1ccc(N(CC(=O)N/N=C\c2cccc(OC)c2O)S(=O)(=O)c2ccccc2)c(OC)c1. The number of carbonyl (C=O) groups excluding carboxylic acids is 1. The normalized spacial score (nSPS) is 11.2. The van der Waals surface area contributed by atoms with Crippen molar-refractivity contribution in [3.8, 4) is 23.0 Å². The molecule has 3 aromatic rings. The minimum atomic E-state index is -4.15. The minimum Gasteiger partial charge on any atom is -0.504 e. The number of hydrogen-bond donors (Lipinski definition) is 2. The highest BCUT2D eigenvalue weighted by Crippen LogP contribution is 2.35. The number of para-hydroxylation sites is 1. The van der Waals surface area contributed by atoms with Gasteiger partial charge in [-0.05, 0) is 36.4 Å². The lowest BCUT2D eigenvalue weighted by Gasteiger charge is -2.25. The number of hydrogen-bond acceptors (Lipinski definition) is 8. The van der Waals surface area contributed by atoms with E-state index < -0.39 is 22.5 Å². The van der Waals surface area contributed by atoms with Crippen molar-refractivity contribution in [2.75, 3.05) is 32.2 Å². The van der Waals surface area contributed by atoms with Crippen LogP contribution in [0.25, 0.3) is 0 Å². The number of nitrogens with one attached hydrogen (secondary N) is 1. The fourth-order valence-electron chi connectivity index (χ4n) is 3.16. The van der Waals surface area contributed by atoms with E-state index in [1.807, 2.05) is 0 Å². The molecule has 0 bridgehead atoms. The fraction of sp³-hybridized carbons (Fsp3) is 0.167. The summed E-state index contributed by atoms with van der Waals surface area (Å²) in [6, 6.07) is 17.1. The molecule has 35 heavy (non-hydrogen) atoms. The average Bonchev–Trinajstić information content (AvgIpc) is 2.88. The van der Waals surface area contributed by atoms with Crippen molar-refractivity contribution in [2.45, 2.75) is 4.90 Å². The number of methoxy groups -OCH3 is 3. The van der Waals surface area contributed by atoms with Gasteiger partial charge in [-0.15, -0.1) is 0 Å². The summed E-state index contributed by atoms with van der Waals surface area (Å²) in [5.74, 6) is 0.0218. The van der Waals surface area contributed by atoms with Crippen molar-refractivity contribution in [3.05, 3.63) is 72.3 Å². The number of hydrazone groups is 1. The molecule has 3 aromatic carbocycles. The van der Waals surface area contributed by atoms with Gasteiger partial charge in [0, 0.05) is 11.6 Å². The lowest BCUT2D eigenvalue weighted by Crippen LogP contribution is -2.39. The Kier molecular flexibility index (Phi) is 8.16. The van der Waals surface area contributed by atoms with Crippen LogP contribution in [0.15, 0.2) is 76.7 Å². The molecule has 0 saturated heterocycles. The van der Waals surface area contributed by atoms with Gasteiger partial charge in [0.15, 0.2) is 11.5 Å². The third-order valence-electron chi connectivity index (χ3n) is 4.92. The number of amides is 1. The van der Waals surface area contributed by atoms with E-state index in [2.05, 4.69) is 10.5 Å². The molecule has 1 amide bonds. The first-order chi connectivity index (χ1) is 16.8. The Morgan fingerprint density at radius 3 is 2.34 bits per heavy atom. The molecular weight excluding hydrogens is 474 g/mol. The van der Waals surface area contributed by atoms with Gasteiger partial charge in [0.1, 0.15) is 18.0 Å². The Hall–Kier alpha value is -4.25. The Morgan fingerprint density at radius 1 is 0.971 bits per heavy atom. The summed E-state index contributed by atoms with van der Waals surface area (Å²) in [4.78, 5) is 12.7. The Labute approximate surface area is 203 Å². The molecule has 0 spiro atoms. The molecule has 0 heterocycles. The average molecular weight is 500 g/mol. The summed E-state index contributed by atoms with van der Waals surface area (Å²) in [5.41, 5.74) is 2.73. The molecule has 0 aromatic heterocycles. The van der Waals surface area contributed by atoms with Crippen LogP contribution in [-0.4, -0.2) is 53.5 Å². The fourth-order valence-corrected chi connectivity index (χ4v) is 4.61. The Bertz CT molecular complexity index is 1310. The standard InChI is InChI=1S/C24H25N3O7S/c1-32-18-12-13-20(22(14-18)34-3)27(35(30,31)19-9-5-4-6-10-19)16-23(28)26-25-15-17-8-7-11-21(33-2)24(17)29/h4-15,29H,16H2,1-3H3,(H,26,28)/b25-15-. The quantitative estimate of drug-likeness (QED) is 0.324. The number of benzene rings is 3. The summed E-state index contributed by atoms with van der Waals surface area (Å²) in [6.07, 6.45) is 1.22. The number of nitrogens with zero attached hydrogens (tertiary/aromatic N) is 2. The molecule has 184 valence electrons. The van der Waals surface area contributed by atoms with E-state index in [0.29, 0.717) is 11.3 Å². The van der Waals surface area contributed by atoms with E-state index in [4.69, 9.17) is 14.2 Å². The van der Waals surface area contributed by atoms with Crippen molar-refractivity contribution in [1.82, 2.24) is 5.43 Å². The topological polar surface area (TPSA) is 127 Å². The zero-order valence-electron chi connectivity index (χ0n) is 19.3. The predicted molar refractivity (Wildman–Crippen MR) is 131 cm³/mol. The molecule has 0 radical (unpaired) electrons. The number of anilines is 1. The zero-order valence-corrected chi connectivity index (χ0v) is 20.2. The van der Waals surface area contributed by atoms with Crippen molar-refractivity contribution >= 4 is 27.8 Å². The van der Waals surface area contributed by atoms with Gasteiger partial charge in [0.2, 0.25) is 0 Å². The van der Waals surface area contributed by atoms with Crippen molar-refractivity contribution < 1.29 is 32.5 Å². The minimum absolute atomic E-state index is 0.00419. The van der Waals surface area contributed by atoms with E-state index >= 15 is 0 Å². The van der Waals surface area contributed by atoms with E-state index in [-0.39, 0.29) is 27.8 Å². The lowest BCUT2D eigenvalue weighted by atomic mass is 10.2. The summed E-state index contributed by atoms with van der Waals surface area (Å²) < 4.78 is 43.5. The van der Waals surface area contributed by atoms with E-state index in [9.17, 15) is 18.3 Å². The van der Waals surface area contributed by atoms with Crippen LogP contribution in [0.1, 0.15) is 5.56 Å². The van der Waals surface area contributed by atoms with E-state index in [1.54, 1.807) is 42.5 Å². The first-order valence-corrected chi connectivity index (χ1v) is 11.7. The van der Waals surface area contributed by atoms with E-state index in [1.165, 1.54) is 51.8 Å². The van der Waals surface area contributed by atoms with Gasteiger partial charge in [-0.25, -0.2) is 13.8 Å². The smallest absolute Gasteiger partial charge is 0.264 e. The maximum absolute atomic E-state index is 13.5. The van der Waals surface area contributed by atoms with Gasteiger partial charge in [-0.2, -0.15) is 5.10 Å². The van der Waals surface area contributed by atoms with Gasteiger partial charge in [-0.3, -0.25) is 9.10 Å². The number of aromatic hydroxyl groups is 1. The molecule has 2 N–H and O–H groups in total. The van der Waals surface area contributed by atoms with Gasteiger partial charge in [-0.1, -0.05) is 24.3 Å². The molecule has 0 aliphatic heterocycles. The molecule has 3 rings (SSSR count). The molecule has 0 unspecified atom stereocenters. The monoisotopic (exact) mass is 499 g/mol. The first kappa shape index (κ1) is 25.4. The summed E-state index contributed by atoms with van der Waals surface area (Å²) in [5, 5.41) is 14.0. The van der Waals surface area contributed by atoms with Gasteiger partial charge in [0.25, 0.3) is 15.9 Å². The summed E-state index contributed by atoms with van der Waals surface area (Å²) >= 11 is 0. The van der Waals surface area contributed by atoms with Crippen LogP contribution in [0.3, 0.4) is 0 Å². The molecule has 0 aliphatic rings. The number of phenols is 1. The largest absolute Gasteiger partial charge is 0.504 e. The van der Waals surface area contributed by atoms with Gasteiger partial charge >= 0.3 is 0 Å². The zero-order chi connectivity index (χ0) is 25.4. The van der Waals surface area contributed by atoms with Crippen LogP contribution in [0.5, 0.6) is 23.0 Å². The highest BCUT2D eigenvalue weighted by Gasteiger charge is 2.29. The molecule has 10 nitrogen and oxygen atoms in total. The van der Waals surface area contributed by atoms with Crippen LogP contribution in [0, 0.1) is 0 Å². The second-order valence-corrected chi connectivity index (χ2v) is 8.92. The molecule has 0 atom stereocenters. The Balaban J connectivity index is 1.91. The van der Waals surface area contributed by atoms with Crippen molar-refractivity contribution in [1.29, 1.82) is 0 Å². The van der Waals surface area contributed by atoms with Crippen LogP contribution in [0.2, 0.25) is 0 Å². The third-order valence-corrected chi connectivity index (χ3v) is 6.69. The number of sulfonamides is 1. The summed E-state index contributed by atoms with van der Waals surface area (Å²) in [7, 11) is 0.115. The van der Waals surface area contributed by atoms with Gasteiger partial charge in [0.05, 0.1) is 38.1 Å². The van der Waals surface area contributed by atoms with Crippen LogP contribution >= 0.6 is 0 Å². The lowest BCUT2D eigenvalue weighted by molar-refractivity contribution is -0.119. The summed E-state index contributed by atoms with van der Waals surface area (Å²) in [6.45, 7) is -0.596. The molecule has 0 fully saturated rings.